The fourth-order valence-electron chi connectivity index (χ4n) is 4.68. The fraction of sp³-hybridized carbons (Fsp3) is 0.500. The molecule has 2 saturated heterocycles. The lowest BCUT2D eigenvalue weighted by Crippen LogP contribution is -2.36. The van der Waals surface area contributed by atoms with Crippen LogP contribution in [0.5, 0.6) is 0 Å². The third-order valence-electron chi connectivity index (χ3n) is 6.27. The Bertz CT molecular complexity index is 949. The highest BCUT2D eigenvalue weighted by atomic mass is 31.1. The van der Waals surface area contributed by atoms with Crippen molar-refractivity contribution in [1.82, 2.24) is 10.2 Å². The van der Waals surface area contributed by atoms with E-state index in [1.165, 1.54) is 11.8 Å². The maximum Gasteiger partial charge on any atom is 0.414 e. The molecule has 1 aromatic carbocycles. The summed E-state index contributed by atoms with van der Waals surface area (Å²) in [6.45, 7) is 2.66. The van der Waals surface area contributed by atoms with Gasteiger partial charge in [-0.15, -0.1) is 0 Å². The first-order valence-electron chi connectivity index (χ1n) is 9.87. The molecule has 0 spiro atoms. The number of anilines is 1. The second kappa shape index (κ2) is 8.25. The molecule has 1 unspecified atom stereocenters. The molecule has 2 aliphatic heterocycles. The van der Waals surface area contributed by atoms with Crippen LogP contribution in [0.3, 0.4) is 0 Å². The third kappa shape index (κ3) is 3.75. The largest absolute Gasteiger partial charge is 0.442 e. The second-order valence-corrected chi connectivity index (χ2v) is 8.35. The van der Waals surface area contributed by atoms with Crippen LogP contribution in [0, 0.1) is 23.2 Å². The van der Waals surface area contributed by atoms with Crippen LogP contribution in [0.2, 0.25) is 0 Å². The lowest BCUT2D eigenvalue weighted by atomic mass is 9.91. The average Bonchev–Trinajstić information content (AvgIpc) is 3.06. The van der Waals surface area contributed by atoms with Crippen LogP contribution in [0.1, 0.15) is 12.5 Å². The Kier molecular flexibility index (Phi) is 5.65. The molecule has 11 heteroatoms. The second-order valence-electron chi connectivity index (χ2n) is 7.94. The van der Waals surface area contributed by atoms with Crippen LogP contribution < -0.4 is 10.2 Å². The smallest absolute Gasteiger partial charge is 0.414 e. The molecular weight excluding hydrogens is 423 g/mol. The van der Waals surface area contributed by atoms with Gasteiger partial charge >= 0.3 is 14.8 Å². The van der Waals surface area contributed by atoms with E-state index in [0.29, 0.717) is 25.3 Å². The number of hydrogen-bond acceptors (Lipinski definition) is 7. The van der Waals surface area contributed by atoms with Crippen molar-refractivity contribution >= 4 is 32.3 Å². The van der Waals surface area contributed by atoms with Crippen molar-refractivity contribution in [2.75, 3.05) is 37.7 Å². The van der Waals surface area contributed by atoms with Gasteiger partial charge in [0.05, 0.1) is 24.6 Å². The summed E-state index contributed by atoms with van der Waals surface area (Å²) in [6, 6.07) is 9.70. The van der Waals surface area contributed by atoms with Gasteiger partial charge in [0.2, 0.25) is 11.8 Å². The molecule has 3 amide bonds. The first-order chi connectivity index (χ1) is 14.9. The van der Waals surface area contributed by atoms with Gasteiger partial charge in [-0.1, -0.05) is 12.1 Å². The van der Waals surface area contributed by atoms with E-state index in [9.17, 15) is 24.2 Å². The molecule has 1 aromatic rings. The number of benzene rings is 1. The molecule has 10 nitrogen and oxygen atoms in total. The molecule has 0 bridgehead atoms. The van der Waals surface area contributed by atoms with E-state index in [4.69, 9.17) is 4.74 Å². The van der Waals surface area contributed by atoms with Crippen LogP contribution >= 0.6 is 8.69 Å². The normalized spacial score (nSPS) is 28.8. The molecule has 4 atom stereocenters. The Morgan fingerprint density at radius 2 is 1.97 bits per heavy atom. The summed E-state index contributed by atoms with van der Waals surface area (Å²) in [6.07, 6.45) is -0.895. The van der Waals surface area contributed by atoms with Crippen LogP contribution in [-0.2, 0) is 28.8 Å². The molecule has 1 aliphatic carbocycles. The summed E-state index contributed by atoms with van der Waals surface area (Å²) in [5.74, 6) is -0.348. The van der Waals surface area contributed by atoms with E-state index >= 15 is 0 Å². The number of ether oxygens (including phenoxy) is 1. The molecule has 3 fully saturated rings. The quantitative estimate of drug-likeness (QED) is 0.626. The molecule has 4 rings (SSSR count). The highest BCUT2D eigenvalue weighted by Crippen LogP contribution is 2.63. The number of nitrogens with one attached hydrogen (secondary N) is 1. The predicted molar refractivity (Wildman–Crippen MR) is 107 cm³/mol. The molecule has 0 radical (unpaired) electrons. The minimum Gasteiger partial charge on any atom is -0.442 e. The molecule has 31 heavy (non-hydrogen) atoms. The molecule has 0 aromatic heterocycles. The van der Waals surface area contributed by atoms with E-state index in [2.05, 4.69) is 15.9 Å². The van der Waals surface area contributed by atoms with Gasteiger partial charge in [0.25, 0.3) is 0 Å². The summed E-state index contributed by atoms with van der Waals surface area (Å²) in [5, 5.41) is 12.5. The Balaban J connectivity index is 1.40. The summed E-state index contributed by atoms with van der Waals surface area (Å²) in [4.78, 5) is 38.4. The number of amides is 3. The number of hydrogen-bond donors (Lipinski definition) is 1. The highest BCUT2D eigenvalue weighted by Gasteiger charge is 2.70. The summed E-state index contributed by atoms with van der Waals surface area (Å²) in [5.41, 5.74) is 0.869. The van der Waals surface area contributed by atoms with Gasteiger partial charge in [0, 0.05) is 37.5 Å². The van der Waals surface area contributed by atoms with Crippen molar-refractivity contribution in [3.8, 4) is 6.07 Å². The molecule has 3 aliphatic rings. The lowest BCUT2D eigenvalue weighted by molar-refractivity contribution is -0.132. The fourth-order valence-corrected chi connectivity index (χ4v) is 4.84. The minimum absolute atomic E-state index is 0.0379. The SMILES string of the molecule is CC(=O)NC[C@H]1CN(c2ccc(C3(C#N)[C@@H]4CN(C(=O)COP=O)C[C@@H]43)cc2)C(=O)O1. The zero-order chi connectivity index (χ0) is 22.2. The van der Waals surface area contributed by atoms with Gasteiger partial charge < -0.3 is 15.0 Å². The van der Waals surface area contributed by atoms with E-state index in [1.807, 2.05) is 12.1 Å². The Morgan fingerprint density at radius 3 is 2.55 bits per heavy atom. The molecular formula is C20H21N4O6P. The number of fused-ring (bicyclic) bond motifs is 1. The number of piperidine rings is 1. The van der Waals surface area contributed by atoms with Gasteiger partial charge in [-0.2, -0.15) is 5.26 Å². The number of likely N-dealkylation sites (tertiary alicyclic amines) is 1. The van der Waals surface area contributed by atoms with Gasteiger partial charge in [-0.3, -0.25) is 19.0 Å². The lowest BCUT2D eigenvalue weighted by Gasteiger charge is -2.23. The Hall–Kier alpha value is -3.02. The summed E-state index contributed by atoms with van der Waals surface area (Å²) >= 11 is 0. The van der Waals surface area contributed by atoms with Crippen molar-refractivity contribution in [2.24, 2.45) is 11.8 Å². The maximum absolute atomic E-state index is 12.2. The number of rotatable bonds is 7. The van der Waals surface area contributed by atoms with Crippen LogP contribution in [0.4, 0.5) is 10.5 Å². The number of carbonyl (C=O) groups excluding carboxylic acids is 3. The van der Waals surface area contributed by atoms with Crippen LogP contribution in [0.25, 0.3) is 0 Å². The van der Waals surface area contributed by atoms with Gasteiger partial charge in [-0.25, -0.2) is 9.36 Å². The molecule has 1 saturated carbocycles. The molecule has 1 N–H and O–H groups in total. The zero-order valence-electron chi connectivity index (χ0n) is 16.8. The Morgan fingerprint density at radius 1 is 1.29 bits per heavy atom. The van der Waals surface area contributed by atoms with E-state index in [0.717, 1.165) is 5.56 Å². The van der Waals surface area contributed by atoms with Gasteiger partial charge in [0.15, 0.2) is 0 Å². The van der Waals surface area contributed by atoms with Crippen molar-refractivity contribution in [2.45, 2.75) is 18.4 Å². The van der Waals surface area contributed by atoms with E-state index in [1.54, 1.807) is 17.0 Å². The first-order valence-corrected chi connectivity index (χ1v) is 10.6. The van der Waals surface area contributed by atoms with Crippen LogP contribution in [0.15, 0.2) is 24.3 Å². The molecule has 2 heterocycles. The monoisotopic (exact) mass is 444 g/mol. The topological polar surface area (TPSA) is 129 Å². The minimum atomic E-state index is -0.646. The standard InChI is InChI=1S/C20H21N4O6P/c1-12(25)22-6-15-7-24(19(27)30-15)14-4-2-13(3-5-14)20(11-21)16-8-23(9-17(16)20)18(26)10-29-31-28/h2-5,15-17H,6-10H2,1H3,(H,22,25)/t15-,16-,17+,20?/m0/s1. The van der Waals surface area contributed by atoms with Crippen molar-refractivity contribution in [3.63, 3.8) is 0 Å². The van der Waals surface area contributed by atoms with E-state index < -0.39 is 26.3 Å². The predicted octanol–water partition coefficient (Wildman–Crippen LogP) is 1.22. The maximum atomic E-state index is 12.2. The third-order valence-corrected chi connectivity index (χ3v) is 6.50. The van der Waals surface area contributed by atoms with Crippen LogP contribution in [-0.4, -0.2) is 61.7 Å². The number of carbonyl (C=O) groups is 3. The summed E-state index contributed by atoms with van der Waals surface area (Å²) < 4.78 is 20.3. The van der Waals surface area contributed by atoms with E-state index in [-0.39, 0.29) is 36.8 Å². The molecule has 162 valence electrons. The zero-order valence-corrected chi connectivity index (χ0v) is 17.7. The van der Waals surface area contributed by atoms with Crippen molar-refractivity contribution < 1.29 is 28.2 Å². The highest BCUT2D eigenvalue weighted by molar-refractivity contribution is 7.17. The van der Waals surface area contributed by atoms with Gasteiger partial charge in [0.1, 0.15) is 12.7 Å². The number of nitrogens with zero attached hydrogens (tertiary/aromatic N) is 3. The Labute approximate surface area is 180 Å². The van der Waals surface area contributed by atoms with Crippen molar-refractivity contribution in [1.29, 1.82) is 5.26 Å². The van der Waals surface area contributed by atoms with Crippen molar-refractivity contribution in [3.05, 3.63) is 29.8 Å². The average molecular weight is 444 g/mol. The number of nitriles is 1. The first kappa shape index (κ1) is 21.2. The summed E-state index contributed by atoms with van der Waals surface area (Å²) in [7, 11) is -0.530. The number of cyclic esters (lactones) is 1. The van der Waals surface area contributed by atoms with Gasteiger partial charge in [-0.05, 0) is 17.7 Å².